The second kappa shape index (κ2) is 16.8. The highest BCUT2D eigenvalue weighted by atomic mass is 35.5. The Morgan fingerprint density at radius 2 is 2.00 bits per heavy atom. The third-order valence-electron chi connectivity index (χ3n) is 8.94. The molecule has 2 aliphatic heterocycles. The number of aryl methyl sites for hydroxylation is 2. The maximum absolute atomic E-state index is 14.1. The van der Waals surface area contributed by atoms with Crippen molar-refractivity contribution in [2.24, 2.45) is 5.73 Å². The van der Waals surface area contributed by atoms with Gasteiger partial charge < -0.3 is 30.5 Å². The summed E-state index contributed by atoms with van der Waals surface area (Å²) in [5, 5.41) is 12.4. The molecule has 1 aromatic carbocycles. The molecule has 2 fully saturated rings. The van der Waals surface area contributed by atoms with Crippen LogP contribution in [0.25, 0.3) is 5.57 Å². The molecule has 0 saturated carbocycles. The molecule has 13 heteroatoms. The first-order chi connectivity index (χ1) is 22.7. The molecule has 2 aliphatic rings. The van der Waals surface area contributed by atoms with Crippen LogP contribution in [0.15, 0.2) is 35.4 Å². The van der Waals surface area contributed by atoms with Crippen molar-refractivity contribution in [3.8, 4) is 0 Å². The Hall–Kier alpha value is -3.16. The van der Waals surface area contributed by atoms with E-state index in [0.29, 0.717) is 67.2 Å². The molecular formula is C34H46ClN7O4S. The van der Waals surface area contributed by atoms with E-state index >= 15 is 0 Å². The van der Waals surface area contributed by atoms with Gasteiger partial charge in [-0.05, 0) is 76.4 Å². The lowest BCUT2D eigenvalue weighted by Crippen LogP contribution is -2.49. The smallest absolute Gasteiger partial charge is 0.243 e. The molecule has 0 spiro atoms. The standard InChI is InChI=1S/C34H46ClN7O4S/c1-4-30-40-32(41-46-30)21(2)27(7-5-6-14-36)38-33(44)29-17-26(45-20-23-8-10-25(35)11-9-23)19-42(29)31(43)18-28-22(3)47-34(39-28)24-12-15-37-16-13-24/h8-11,24,26-27,29,37H,2,4-7,12-20,36H2,1,3H3,(H,38,44)/t26-,27+,29+/m1/s1. The van der Waals surface area contributed by atoms with Crippen molar-refractivity contribution < 1.29 is 18.8 Å². The lowest BCUT2D eigenvalue weighted by Gasteiger charge is -2.27. The van der Waals surface area contributed by atoms with Crippen LogP contribution in [0.2, 0.25) is 5.02 Å². The van der Waals surface area contributed by atoms with Crippen molar-refractivity contribution >= 4 is 40.3 Å². The number of hydrogen-bond donors (Lipinski definition) is 3. The lowest BCUT2D eigenvalue weighted by atomic mass is 9.99. The molecule has 254 valence electrons. The SMILES string of the molecule is C=C(c1noc(CC)n1)[C@H](CCCCN)NC(=O)[C@@H]1C[C@@H](OCc2ccc(Cl)cc2)CN1C(=O)Cc1nc(C2CCNCC2)sc1C. The molecule has 2 amide bonds. The number of amides is 2. The number of ether oxygens (including phenoxy) is 1. The van der Waals surface area contributed by atoms with Gasteiger partial charge in [-0.2, -0.15) is 4.98 Å². The number of nitrogens with one attached hydrogen (secondary N) is 2. The number of carbonyl (C=O) groups is 2. The minimum atomic E-state index is -0.721. The minimum Gasteiger partial charge on any atom is -0.372 e. The first kappa shape index (κ1) is 35.2. The van der Waals surface area contributed by atoms with E-state index < -0.39 is 12.1 Å². The molecule has 0 unspecified atom stereocenters. The summed E-state index contributed by atoms with van der Waals surface area (Å²) < 4.78 is 11.6. The highest BCUT2D eigenvalue weighted by Gasteiger charge is 2.41. The van der Waals surface area contributed by atoms with Crippen molar-refractivity contribution in [1.82, 2.24) is 30.7 Å². The van der Waals surface area contributed by atoms with E-state index in [0.717, 1.165) is 59.9 Å². The highest BCUT2D eigenvalue weighted by molar-refractivity contribution is 7.11. The Labute approximate surface area is 285 Å². The van der Waals surface area contributed by atoms with Crippen LogP contribution in [0.1, 0.15) is 84.2 Å². The molecule has 2 saturated heterocycles. The third-order valence-corrected chi connectivity index (χ3v) is 10.4. The van der Waals surface area contributed by atoms with Gasteiger partial charge in [0.05, 0.1) is 35.9 Å². The van der Waals surface area contributed by atoms with Gasteiger partial charge in [0.1, 0.15) is 6.04 Å². The van der Waals surface area contributed by atoms with Gasteiger partial charge in [-0.3, -0.25) is 9.59 Å². The number of likely N-dealkylation sites (tertiary alicyclic amines) is 1. The normalized spacial score (nSPS) is 19.2. The summed E-state index contributed by atoms with van der Waals surface area (Å²) in [6.07, 6.45) is 5.04. The summed E-state index contributed by atoms with van der Waals surface area (Å²) in [5.74, 6) is 0.877. The van der Waals surface area contributed by atoms with E-state index in [1.54, 1.807) is 16.2 Å². The number of thiazole rings is 1. The number of hydrogen-bond acceptors (Lipinski definition) is 10. The zero-order valence-electron chi connectivity index (χ0n) is 27.3. The van der Waals surface area contributed by atoms with E-state index in [9.17, 15) is 9.59 Å². The van der Waals surface area contributed by atoms with Gasteiger partial charge in [0.2, 0.25) is 17.7 Å². The number of unbranched alkanes of at least 4 members (excludes halogenated alkanes) is 1. The Morgan fingerprint density at radius 1 is 1.23 bits per heavy atom. The van der Waals surface area contributed by atoms with Crippen LogP contribution in [0.3, 0.4) is 0 Å². The van der Waals surface area contributed by atoms with Gasteiger partial charge in [0.25, 0.3) is 0 Å². The Kier molecular flexibility index (Phi) is 12.6. The van der Waals surface area contributed by atoms with Crippen molar-refractivity contribution in [2.75, 3.05) is 26.2 Å². The molecular weight excluding hydrogens is 638 g/mol. The number of nitrogens with zero attached hydrogens (tertiary/aromatic N) is 4. The van der Waals surface area contributed by atoms with E-state index in [4.69, 9.17) is 31.6 Å². The van der Waals surface area contributed by atoms with Crippen molar-refractivity contribution in [1.29, 1.82) is 0 Å². The van der Waals surface area contributed by atoms with Gasteiger partial charge in [0, 0.05) is 40.8 Å². The van der Waals surface area contributed by atoms with Crippen molar-refractivity contribution in [2.45, 2.75) is 95.9 Å². The molecule has 2 aromatic heterocycles. The van der Waals surface area contributed by atoms with Crippen LogP contribution < -0.4 is 16.4 Å². The van der Waals surface area contributed by atoms with Gasteiger partial charge >= 0.3 is 0 Å². The van der Waals surface area contributed by atoms with Crippen LogP contribution in [0.5, 0.6) is 0 Å². The molecule has 3 aromatic rings. The molecule has 11 nitrogen and oxygen atoms in total. The summed E-state index contributed by atoms with van der Waals surface area (Å²) in [7, 11) is 0. The first-order valence-electron chi connectivity index (χ1n) is 16.6. The predicted molar refractivity (Wildman–Crippen MR) is 183 cm³/mol. The highest BCUT2D eigenvalue weighted by Crippen LogP contribution is 2.32. The van der Waals surface area contributed by atoms with Crippen LogP contribution >= 0.6 is 22.9 Å². The van der Waals surface area contributed by atoms with E-state index in [1.165, 1.54) is 0 Å². The number of carbonyl (C=O) groups excluding carboxylic acids is 2. The monoisotopic (exact) mass is 683 g/mol. The van der Waals surface area contributed by atoms with Gasteiger partial charge in [-0.15, -0.1) is 11.3 Å². The number of nitrogens with two attached hydrogens (primary N) is 1. The maximum atomic E-state index is 14.1. The predicted octanol–water partition coefficient (Wildman–Crippen LogP) is 4.57. The second-order valence-electron chi connectivity index (χ2n) is 12.3. The van der Waals surface area contributed by atoms with Crippen LogP contribution in [-0.2, 0) is 33.8 Å². The van der Waals surface area contributed by atoms with Gasteiger partial charge in [-0.1, -0.05) is 42.4 Å². The average Bonchev–Trinajstić information content (AvgIpc) is 3.83. The molecule has 4 heterocycles. The topological polar surface area (TPSA) is 148 Å². The zero-order chi connectivity index (χ0) is 33.3. The average molecular weight is 684 g/mol. The van der Waals surface area contributed by atoms with Crippen molar-refractivity contribution in [3.05, 3.63) is 68.7 Å². The zero-order valence-corrected chi connectivity index (χ0v) is 28.9. The maximum Gasteiger partial charge on any atom is 0.243 e. The second-order valence-corrected chi connectivity index (χ2v) is 14.0. The number of benzene rings is 1. The molecule has 4 N–H and O–H groups in total. The van der Waals surface area contributed by atoms with E-state index in [-0.39, 0.29) is 24.3 Å². The fourth-order valence-electron chi connectivity index (χ4n) is 6.12. The minimum absolute atomic E-state index is 0.135. The summed E-state index contributed by atoms with van der Waals surface area (Å²) in [4.78, 5) is 40.1. The molecule has 0 aliphatic carbocycles. The van der Waals surface area contributed by atoms with Crippen LogP contribution in [0.4, 0.5) is 0 Å². The quantitative estimate of drug-likeness (QED) is 0.196. The van der Waals surface area contributed by atoms with Gasteiger partial charge in [-0.25, -0.2) is 4.98 Å². The van der Waals surface area contributed by atoms with E-state index in [1.807, 2.05) is 38.1 Å². The summed E-state index contributed by atoms with van der Waals surface area (Å²) in [6.45, 7) is 11.3. The first-order valence-corrected chi connectivity index (χ1v) is 17.8. The molecule has 0 radical (unpaired) electrons. The largest absolute Gasteiger partial charge is 0.372 e. The number of rotatable bonds is 15. The number of halogens is 1. The van der Waals surface area contributed by atoms with Gasteiger partial charge in [0.15, 0.2) is 5.82 Å². The molecule has 5 rings (SSSR count). The lowest BCUT2D eigenvalue weighted by molar-refractivity contribution is -0.138. The molecule has 47 heavy (non-hydrogen) atoms. The Balaban J connectivity index is 1.32. The number of piperidine rings is 1. The van der Waals surface area contributed by atoms with E-state index in [2.05, 4.69) is 27.4 Å². The summed E-state index contributed by atoms with van der Waals surface area (Å²) >= 11 is 7.74. The fraction of sp³-hybridized carbons (Fsp3) is 0.559. The number of aromatic nitrogens is 3. The summed E-state index contributed by atoms with van der Waals surface area (Å²) in [6, 6.07) is 6.29. The third kappa shape index (κ3) is 9.26. The molecule has 0 bridgehead atoms. The van der Waals surface area contributed by atoms with Crippen molar-refractivity contribution in [3.63, 3.8) is 0 Å². The Bertz CT molecular complexity index is 1500. The van der Waals surface area contributed by atoms with Crippen LogP contribution in [-0.4, -0.2) is 76.2 Å². The molecule has 3 atom stereocenters. The summed E-state index contributed by atoms with van der Waals surface area (Å²) in [5.41, 5.74) is 8.08. The Morgan fingerprint density at radius 3 is 2.70 bits per heavy atom. The fourth-order valence-corrected chi connectivity index (χ4v) is 7.35. The van der Waals surface area contributed by atoms with Crippen LogP contribution in [0, 0.1) is 6.92 Å².